The molecule has 16 atom stereocenters. The van der Waals surface area contributed by atoms with Gasteiger partial charge < -0.3 is 35.2 Å². The topological polar surface area (TPSA) is 205 Å². The Kier molecular flexibility index (Phi) is 10.7. The molecule has 13 heteroatoms. The van der Waals surface area contributed by atoms with Crippen LogP contribution in [0.15, 0.2) is 0 Å². The van der Waals surface area contributed by atoms with Crippen LogP contribution in [0.1, 0.15) is 67.2 Å². The summed E-state index contributed by atoms with van der Waals surface area (Å²) in [6.45, 7) is 11.3. The Morgan fingerprint density at radius 3 is 2.02 bits per heavy atom. The first kappa shape index (κ1) is 35.8. The van der Waals surface area contributed by atoms with Crippen LogP contribution in [0.2, 0.25) is 0 Å². The molecule has 4 aliphatic rings. The number of Topliss-reactive ketones (excluding diaryl/α,β-unsaturated/α-hetero) is 1. The first-order valence-electron chi connectivity index (χ1n) is 14.5. The molecule has 0 spiro atoms. The Hall–Kier alpha value is 0.300. The van der Waals surface area contributed by atoms with Crippen molar-refractivity contribution in [3.05, 3.63) is 0 Å². The molecule has 4 rings (SSSR count). The maximum Gasteiger partial charge on any atom is 1.00 e. The molecular weight excluding hydrogens is 567 g/mol. The van der Waals surface area contributed by atoms with E-state index in [4.69, 9.17) is 0 Å². The molecule has 0 radical (unpaired) electrons. The third-order valence-corrected chi connectivity index (χ3v) is 12.5. The zero-order chi connectivity index (χ0) is 30.3. The molecule has 4 aliphatic carbocycles. The van der Waals surface area contributed by atoms with Gasteiger partial charge in [-0.2, -0.15) is 0 Å². The summed E-state index contributed by atoms with van der Waals surface area (Å²) in [7, 11) is -5.21. The summed E-state index contributed by atoms with van der Waals surface area (Å²) >= 11 is 0. The number of carbonyl (C=O) groups excluding carboxylic acids is 1. The number of ketones is 1. The third-order valence-electron chi connectivity index (χ3n) is 12.0. The molecule has 232 valence electrons. The van der Waals surface area contributed by atoms with E-state index in [9.17, 15) is 48.4 Å². The van der Waals surface area contributed by atoms with Crippen molar-refractivity contribution in [2.75, 3.05) is 0 Å². The molecule has 0 amide bonds. The van der Waals surface area contributed by atoms with Crippen LogP contribution in [0, 0.1) is 58.2 Å². The second kappa shape index (κ2) is 12.2. The van der Waals surface area contributed by atoms with Gasteiger partial charge in [-0.3, -0.25) is 8.98 Å². The van der Waals surface area contributed by atoms with Crippen LogP contribution < -0.4 is 29.6 Å². The molecule has 0 saturated heterocycles. The fourth-order valence-electron chi connectivity index (χ4n) is 9.49. The van der Waals surface area contributed by atoms with Gasteiger partial charge in [0.25, 0.3) is 0 Å². The summed E-state index contributed by atoms with van der Waals surface area (Å²) in [5.41, 5.74) is -1.71. The molecule has 0 aromatic rings. The van der Waals surface area contributed by atoms with Gasteiger partial charge in [0.2, 0.25) is 10.4 Å². The standard InChI is InChI=1S/C28H48O11S.Na/c1-11(2)12(3)21(30)22(31)13(4)15-9-16(29)19-18-14(7-8-27(15,19)5)28(6)10-17(39-40(36,37)38)23(32)25(34)20(28)26(35)24(18)33;/h11-15,17-26,30-35H,7-10H2,1-6H3,(H,36,37,38);/q;+1/p-1/t12-,13-,14?,15+,17?,18?,19?,20?,21?,22?,23?,24?,25?,26?,27+,28+;/m0./s1. The summed E-state index contributed by atoms with van der Waals surface area (Å²) in [6, 6.07) is 0. The van der Waals surface area contributed by atoms with Gasteiger partial charge in [-0.1, -0.05) is 41.5 Å². The summed E-state index contributed by atoms with van der Waals surface area (Å²) in [4.78, 5) is 13.7. The van der Waals surface area contributed by atoms with Gasteiger partial charge in [-0.15, -0.1) is 0 Å². The van der Waals surface area contributed by atoms with Gasteiger partial charge in [0, 0.05) is 24.2 Å². The summed E-state index contributed by atoms with van der Waals surface area (Å²) in [6.07, 6.45) is -8.97. The van der Waals surface area contributed by atoms with Gasteiger partial charge in [0.15, 0.2) is 0 Å². The predicted molar refractivity (Wildman–Crippen MR) is 141 cm³/mol. The zero-order valence-corrected chi connectivity index (χ0v) is 27.9. The van der Waals surface area contributed by atoms with Crippen LogP contribution in [-0.2, 0) is 19.4 Å². The minimum absolute atomic E-state index is 0. The van der Waals surface area contributed by atoms with Crippen molar-refractivity contribution < 1.29 is 82.1 Å². The van der Waals surface area contributed by atoms with Crippen molar-refractivity contribution >= 4 is 16.2 Å². The minimum atomic E-state index is -5.21. The van der Waals surface area contributed by atoms with E-state index in [2.05, 4.69) is 4.18 Å². The molecule has 0 aliphatic heterocycles. The molecule has 4 fully saturated rings. The molecule has 4 saturated carbocycles. The van der Waals surface area contributed by atoms with E-state index in [0.29, 0.717) is 12.8 Å². The monoisotopic (exact) mass is 614 g/mol. The Morgan fingerprint density at radius 2 is 1.49 bits per heavy atom. The number of fused-ring (bicyclic) bond motifs is 5. The smallest absolute Gasteiger partial charge is 0.726 e. The quantitative estimate of drug-likeness (QED) is 0.0982. The molecule has 11 unspecified atom stereocenters. The number of carbonyl (C=O) groups is 1. The van der Waals surface area contributed by atoms with Crippen molar-refractivity contribution in [2.24, 2.45) is 58.2 Å². The Morgan fingerprint density at radius 1 is 0.927 bits per heavy atom. The third kappa shape index (κ3) is 5.88. The molecular formula is C28H47NaO11S. The summed E-state index contributed by atoms with van der Waals surface area (Å²) in [5.74, 6) is -3.75. The zero-order valence-electron chi connectivity index (χ0n) is 25.1. The maximum atomic E-state index is 13.7. The van der Waals surface area contributed by atoms with E-state index >= 15 is 0 Å². The molecule has 6 N–H and O–H groups in total. The Labute approximate surface area is 265 Å². The van der Waals surface area contributed by atoms with Crippen LogP contribution >= 0.6 is 0 Å². The predicted octanol–water partition coefficient (Wildman–Crippen LogP) is -2.79. The van der Waals surface area contributed by atoms with E-state index in [0.717, 1.165) is 0 Å². The number of rotatable bonds is 7. The van der Waals surface area contributed by atoms with E-state index < -0.39 is 93.5 Å². The van der Waals surface area contributed by atoms with Crippen molar-refractivity contribution in [3.63, 3.8) is 0 Å². The maximum absolute atomic E-state index is 13.7. The summed E-state index contributed by atoms with van der Waals surface area (Å²) < 4.78 is 38.8. The van der Waals surface area contributed by atoms with Crippen molar-refractivity contribution in [1.29, 1.82) is 0 Å². The summed E-state index contributed by atoms with van der Waals surface area (Å²) in [5, 5.41) is 66.4. The van der Waals surface area contributed by atoms with Crippen molar-refractivity contribution in [2.45, 2.75) is 110 Å². The molecule has 41 heavy (non-hydrogen) atoms. The molecule has 0 bridgehead atoms. The van der Waals surface area contributed by atoms with E-state index in [-0.39, 0.29) is 65.9 Å². The van der Waals surface area contributed by atoms with Gasteiger partial charge in [-0.25, -0.2) is 8.42 Å². The van der Waals surface area contributed by atoms with Crippen LogP contribution in [0.3, 0.4) is 0 Å². The Bertz CT molecular complexity index is 1070. The Balaban J connectivity index is 0.00000462. The first-order valence-corrected chi connectivity index (χ1v) is 15.9. The second-order valence-electron chi connectivity index (χ2n) is 14.2. The largest absolute Gasteiger partial charge is 1.00 e. The van der Waals surface area contributed by atoms with E-state index in [1.807, 2.05) is 34.6 Å². The number of aliphatic hydroxyl groups is 6. The van der Waals surface area contributed by atoms with Crippen LogP contribution in [-0.4, -0.2) is 92.1 Å². The van der Waals surface area contributed by atoms with E-state index in [1.165, 1.54) is 0 Å². The SMILES string of the molecule is CC(C)[C@H](C)C(O)C(O)[C@@H](C)[C@H]1CC(=O)C2C3C(O)C(O)C4C(O)C(O)C(OS(=O)(=O)[O-])C[C@]4(C)C3CC[C@@]21C.[Na+]. The average Bonchev–Trinajstić information content (AvgIpc) is 3.12. The van der Waals surface area contributed by atoms with Gasteiger partial charge in [0.1, 0.15) is 18.0 Å². The van der Waals surface area contributed by atoms with Crippen LogP contribution in [0.5, 0.6) is 0 Å². The van der Waals surface area contributed by atoms with Crippen LogP contribution in [0.25, 0.3) is 0 Å². The minimum Gasteiger partial charge on any atom is -0.726 e. The molecule has 11 nitrogen and oxygen atoms in total. The van der Waals surface area contributed by atoms with Gasteiger partial charge in [0.05, 0.1) is 30.5 Å². The van der Waals surface area contributed by atoms with Gasteiger partial charge in [-0.05, 0) is 59.7 Å². The number of hydrogen-bond donors (Lipinski definition) is 6. The van der Waals surface area contributed by atoms with Crippen molar-refractivity contribution in [1.82, 2.24) is 0 Å². The van der Waals surface area contributed by atoms with Crippen molar-refractivity contribution in [3.8, 4) is 0 Å². The van der Waals surface area contributed by atoms with Crippen LogP contribution in [0.4, 0.5) is 0 Å². The molecule has 0 aromatic carbocycles. The molecule has 0 heterocycles. The molecule has 0 aromatic heterocycles. The fourth-order valence-corrected chi connectivity index (χ4v) is 9.98. The normalized spacial score (nSPS) is 47.4. The number of hydrogen-bond acceptors (Lipinski definition) is 11. The number of aliphatic hydroxyl groups excluding tert-OH is 6. The second-order valence-corrected chi connectivity index (χ2v) is 15.2. The average molecular weight is 615 g/mol. The first-order chi connectivity index (χ1) is 18.3. The fraction of sp³-hybridized carbons (Fsp3) is 0.964. The van der Waals surface area contributed by atoms with Gasteiger partial charge >= 0.3 is 29.6 Å². The van der Waals surface area contributed by atoms with E-state index in [1.54, 1.807) is 6.92 Å².